The SMILES string of the molecule is CCn1ccnc1[C@H]1OCC[C@@H]1NC(=O)N[C@@H](C)c1ccccc1. The smallest absolute Gasteiger partial charge is 0.315 e. The van der Waals surface area contributed by atoms with Crippen molar-refractivity contribution in [3.8, 4) is 0 Å². The zero-order valence-electron chi connectivity index (χ0n) is 14.1. The lowest BCUT2D eigenvalue weighted by Gasteiger charge is -2.22. The van der Waals surface area contributed by atoms with Gasteiger partial charge in [0.2, 0.25) is 0 Å². The molecule has 1 aliphatic rings. The maximum absolute atomic E-state index is 12.3. The molecule has 6 nitrogen and oxygen atoms in total. The van der Waals surface area contributed by atoms with Gasteiger partial charge < -0.3 is 19.9 Å². The topological polar surface area (TPSA) is 68.2 Å². The van der Waals surface area contributed by atoms with Gasteiger partial charge in [-0.25, -0.2) is 9.78 Å². The van der Waals surface area contributed by atoms with Crippen LogP contribution in [0.15, 0.2) is 42.7 Å². The largest absolute Gasteiger partial charge is 0.368 e. The van der Waals surface area contributed by atoms with Crippen molar-refractivity contribution in [2.45, 2.75) is 45.0 Å². The number of nitrogens with one attached hydrogen (secondary N) is 2. The first-order valence-corrected chi connectivity index (χ1v) is 8.43. The number of carbonyl (C=O) groups excluding carboxylic acids is 1. The fraction of sp³-hybridized carbons (Fsp3) is 0.444. The van der Waals surface area contributed by atoms with Crippen LogP contribution >= 0.6 is 0 Å². The summed E-state index contributed by atoms with van der Waals surface area (Å²) in [7, 11) is 0. The maximum atomic E-state index is 12.3. The molecule has 2 N–H and O–H groups in total. The summed E-state index contributed by atoms with van der Waals surface area (Å²) in [5.41, 5.74) is 1.08. The molecular weight excluding hydrogens is 304 g/mol. The van der Waals surface area contributed by atoms with E-state index < -0.39 is 0 Å². The fourth-order valence-electron chi connectivity index (χ4n) is 3.07. The third-order valence-corrected chi connectivity index (χ3v) is 4.40. The van der Waals surface area contributed by atoms with Crippen LogP contribution in [0.2, 0.25) is 0 Å². The van der Waals surface area contributed by atoms with E-state index in [0.29, 0.717) is 6.61 Å². The van der Waals surface area contributed by atoms with Crippen LogP contribution in [0.1, 0.15) is 43.8 Å². The van der Waals surface area contributed by atoms with Gasteiger partial charge in [0.1, 0.15) is 11.9 Å². The van der Waals surface area contributed by atoms with Crippen molar-refractivity contribution in [1.82, 2.24) is 20.2 Å². The Balaban J connectivity index is 1.61. The highest BCUT2D eigenvalue weighted by Gasteiger charge is 2.33. The molecule has 24 heavy (non-hydrogen) atoms. The Kier molecular flexibility index (Phi) is 5.15. The molecule has 2 amide bonds. The molecule has 0 bridgehead atoms. The molecule has 3 atom stereocenters. The van der Waals surface area contributed by atoms with E-state index in [2.05, 4.69) is 27.1 Å². The third kappa shape index (κ3) is 3.59. The summed E-state index contributed by atoms with van der Waals surface area (Å²) >= 11 is 0. The number of imidazole rings is 1. The molecule has 0 spiro atoms. The summed E-state index contributed by atoms with van der Waals surface area (Å²) in [6, 6.07) is 9.61. The van der Waals surface area contributed by atoms with Crippen molar-refractivity contribution in [2.75, 3.05) is 6.61 Å². The quantitative estimate of drug-likeness (QED) is 0.887. The normalized spacial score (nSPS) is 21.4. The average Bonchev–Trinajstić information content (AvgIpc) is 3.23. The van der Waals surface area contributed by atoms with Crippen LogP contribution < -0.4 is 10.6 Å². The Morgan fingerprint density at radius 2 is 2.21 bits per heavy atom. The maximum Gasteiger partial charge on any atom is 0.315 e. The molecule has 3 rings (SSSR count). The summed E-state index contributed by atoms with van der Waals surface area (Å²) in [4.78, 5) is 16.7. The molecule has 1 aromatic heterocycles. The zero-order chi connectivity index (χ0) is 16.9. The fourth-order valence-corrected chi connectivity index (χ4v) is 3.07. The van der Waals surface area contributed by atoms with Crippen molar-refractivity contribution < 1.29 is 9.53 Å². The van der Waals surface area contributed by atoms with E-state index in [0.717, 1.165) is 24.4 Å². The number of aromatic nitrogens is 2. The first-order chi connectivity index (χ1) is 11.7. The van der Waals surface area contributed by atoms with Gasteiger partial charge in [-0.15, -0.1) is 0 Å². The second-order valence-corrected chi connectivity index (χ2v) is 6.01. The van der Waals surface area contributed by atoms with Gasteiger partial charge in [-0.1, -0.05) is 30.3 Å². The van der Waals surface area contributed by atoms with Gasteiger partial charge >= 0.3 is 6.03 Å². The highest BCUT2D eigenvalue weighted by Crippen LogP contribution is 2.28. The monoisotopic (exact) mass is 328 g/mol. The molecule has 1 aliphatic heterocycles. The minimum Gasteiger partial charge on any atom is -0.368 e. The lowest BCUT2D eigenvalue weighted by Crippen LogP contribution is -2.44. The van der Waals surface area contributed by atoms with Crippen molar-refractivity contribution in [2.24, 2.45) is 0 Å². The molecule has 0 saturated carbocycles. The summed E-state index contributed by atoms with van der Waals surface area (Å²) < 4.78 is 7.87. The standard InChI is InChI=1S/C18H24N4O2/c1-3-22-11-10-19-17(22)16-15(9-12-24-16)21-18(23)20-13(2)14-7-5-4-6-8-14/h4-8,10-11,13,15-16H,3,9,12H2,1-2H3,(H2,20,21,23)/t13-,15-,16-/m0/s1. The summed E-state index contributed by atoms with van der Waals surface area (Å²) in [6.07, 6.45) is 4.30. The second-order valence-electron chi connectivity index (χ2n) is 6.01. The Morgan fingerprint density at radius 1 is 1.42 bits per heavy atom. The van der Waals surface area contributed by atoms with Crippen LogP contribution in [0.3, 0.4) is 0 Å². The van der Waals surface area contributed by atoms with E-state index in [9.17, 15) is 4.79 Å². The van der Waals surface area contributed by atoms with E-state index >= 15 is 0 Å². The van der Waals surface area contributed by atoms with Crippen LogP contribution in [0.25, 0.3) is 0 Å². The van der Waals surface area contributed by atoms with E-state index in [1.165, 1.54) is 0 Å². The molecule has 0 unspecified atom stereocenters. The van der Waals surface area contributed by atoms with Crippen molar-refractivity contribution in [1.29, 1.82) is 0 Å². The number of rotatable bonds is 5. The number of amides is 2. The predicted molar refractivity (Wildman–Crippen MR) is 91.5 cm³/mol. The van der Waals surface area contributed by atoms with E-state index in [-0.39, 0.29) is 24.2 Å². The van der Waals surface area contributed by atoms with E-state index in [1.54, 1.807) is 6.20 Å². The number of hydrogen-bond acceptors (Lipinski definition) is 3. The molecule has 128 valence electrons. The molecule has 6 heteroatoms. The van der Waals surface area contributed by atoms with Crippen LogP contribution in [0.5, 0.6) is 0 Å². The van der Waals surface area contributed by atoms with Gasteiger partial charge in [0, 0.05) is 25.5 Å². The first kappa shape index (κ1) is 16.5. The minimum absolute atomic E-state index is 0.0513. The van der Waals surface area contributed by atoms with Crippen LogP contribution in [-0.4, -0.2) is 28.2 Å². The predicted octanol–water partition coefficient (Wildman–Crippen LogP) is 2.79. The highest BCUT2D eigenvalue weighted by atomic mass is 16.5. The van der Waals surface area contributed by atoms with Gasteiger partial charge in [0.15, 0.2) is 0 Å². The molecule has 1 aromatic carbocycles. The molecule has 0 aliphatic carbocycles. The van der Waals surface area contributed by atoms with Crippen molar-refractivity contribution in [3.05, 3.63) is 54.1 Å². The number of aryl methyl sites for hydroxylation is 1. The van der Waals surface area contributed by atoms with Crippen LogP contribution in [-0.2, 0) is 11.3 Å². The summed E-state index contributed by atoms with van der Waals surface area (Å²) in [5, 5.41) is 6.03. The molecule has 1 saturated heterocycles. The van der Waals surface area contributed by atoms with Crippen molar-refractivity contribution in [3.63, 3.8) is 0 Å². The second kappa shape index (κ2) is 7.49. The van der Waals surface area contributed by atoms with Gasteiger partial charge in [-0.05, 0) is 25.8 Å². The summed E-state index contributed by atoms with van der Waals surface area (Å²) in [5.74, 6) is 0.872. The summed E-state index contributed by atoms with van der Waals surface area (Å²) in [6.45, 7) is 5.50. The molecule has 0 radical (unpaired) electrons. The Bertz CT molecular complexity index is 671. The van der Waals surface area contributed by atoms with Crippen LogP contribution in [0, 0.1) is 0 Å². The number of carbonyl (C=O) groups is 1. The van der Waals surface area contributed by atoms with E-state index in [4.69, 9.17) is 4.74 Å². The number of hydrogen-bond donors (Lipinski definition) is 2. The van der Waals surface area contributed by atoms with Gasteiger partial charge in [0.25, 0.3) is 0 Å². The zero-order valence-corrected chi connectivity index (χ0v) is 14.1. The molecule has 1 fully saturated rings. The number of nitrogens with zero attached hydrogens (tertiary/aromatic N) is 2. The number of urea groups is 1. The molecule has 2 heterocycles. The average molecular weight is 328 g/mol. The third-order valence-electron chi connectivity index (χ3n) is 4.40. The van der Waals surface area contributed by atoms with E-state index in [1.807, 2.05) is 43.5 Å². The lowest BCUT2D eigenvalue weighted by molar-refractivity contribution is 0.0901. The molecule has 2 aromatic rings. The highest BCUT2D eigenvalue weighted by molar-refractivity contribution is 5.74. The number of ether oxygens (including phenoxy) is 1. The first-order valence-electron chi connectivity index (χ1n) is 8.43. The minimum atomic E-state index is -0.197. The van der Waals surface area contributed by atoms with Crippen molar-refractivity contribution >= 4 is 6.03 Å². The number of benzene rings is 1. The Labute approximate surface area is 142 Å². The Hall–Kier alpha value is -2.34. The molecular formula is C18H24N4O2. The lowest BCUT2D eigenvalue weighted by atomic mass is 10.1. The van der Waals surface area contributed by atoms with Gasteiger partial charge in [-0.2, -0.15) is 0 Å². The van der Waals surface area contributed by atoms with Crippen LogP contribution in [0.4, 0.5) is 4.79 Å². The Morgan fingerprint density at radius 3 is 2.96 bits per heavy atom. The van der Waals surface area contributed by atoms with Gasteiger partial charge in [0.05, 0.1) is 12.1 Å². The van der Waals surface area contributed by atoms with Gasteiger partial charge in [-0.3, -0.25) is 0 Å².